The molecule has 118 valence electrons. The summed E-state index contributed by atoms with van der Waals surface area (Å²) in [7, 11) is 0. The van der Waals surface area contributed by atoms with Gasteiger partial charge in [-0.05, 0) is 48.4 Å². The van der Waals surface area contributed by atoms with Crippen LogP contribution in [0.15, 0.2) is 48.5 Å². The number of ether oxygens (including phenoxy) is 1. The predicted molar refractivity (Wildman–Crippen MR) is 85.6 cm³/mol. The van der Waals surface area contributed by atoms with Gasteiger partial charge in [0.25, 0.3) is 0 Å². The molecule has 3 rings (SSSR count). The van der Waals surface area contributed by atoms with Crippen molar-refractivity contribution >= 4 is 11.9 Å². The smallest absolute Gasteiger partial charge is 0.339 e. The topological polar surface area (TPSA) is 63.6 Å². The van der Waals surface area contributed by atoms with E-state index in [-0.39, 0.29) is 17.0 Å². The Bertz CT molecular complexity index is 736. The molecule has 1 N–H and O–H groups in total. The summed E-state index contributed by atoms with van der Waals surface area (Å²) in [4.78, 5) is 23.3. The fourth-order valence-corrected chi connectivity index (χ4v) is 3.03. The number of esters is 1. The summed E-state index contributed by atoms with van der Waals surface area (Å²) in [6, 6.07) is 14.5. The molecule has 0 saturated carbocycles. The van der Waals surface area contributed by atoms with E-state index in [4.69, 9.17) is 9.84 Å². The molecule has 4 heteroatoms. The molecule has 1 aliphatic carbocycles. The van der Waals surface area contributed by atoms with E-state index < -0.39 is 11.9 Å². The molecule has 0 bridgehead atoms. The van der Waals surface area contributed by atoms with E-state index in [0.29, 0.717) is 6.61 Å². The highest BCUT2D eigenvalue weighted by atomic mass is 16.5. The second kappa shape index (κ2) is 6.65. The number of carbonyl (C=O) groups excluding carboxylic acids is 1. The molecule has 1 atom stereocenters. The summed E-state index contributed by atoms with van der Waals surface area (Å²) < 4.78 is 5.37. The number of hydrogen-bond acceptors (Lipinski definition) is 3. The van der Waals surface area contributed by atoms with Crippen molar-refractivity contribution < 1.29 is 19.4 Å². The van der Waals surface area contributed by atoms with Crippen molar-refractivity contribution in [1.29, 1.82) is 0 Å². The lowest BCUT2D eigenvalue weighted by atomic mass is 9.84. The number of benzene rings is 2. The van der Waals surface area contributed by atoms with Crippen LogP contribution in [0.4, 0.5) is 0 Å². The predicted octanol–water partition coefficient (Wildman–Crippen LogP) is 3.35. The van der Waals surface area contributed by atoms with E-state index in [9.17, 15) is 9.59 Å². The quantitative estimate of drug-likeness (QED) is 0.880. The standard InChI is InChI=1S/C19H18O4/c20-18(21)16-7-3-4-8-17(16)19(22)23-12-13-9-10-14-5-1-2-6-15(14)11-13/h1-8,13H,9-12H2,(H,20,21)/t13-/m0/s1. The third-order valence-corrected chi connectivity index (χ3v) is 4.28. The molecular formula is C19H18O4. The number of carboxylic acids is 1. The third-order valence-electron chi connectivity index (χ3n) is 4.28. The maximum Gasteiger partial charge on any atom is 0.339 e. The first-order valence-corrected chi connectivity index (χ1v) is 7.71. The lowest BCUT2D eigenvalue weighted by Crippen LogP contribution is -2.22. The van der Waals surface area contributed by atoms with Crippen molar-refractivity contribution in [2.45, 2.75) is 19.3 Å². The molecule has 23 heavy (non-hydrogen) atoms. The number of aryl methyl sites for hydroxylation is 1. The lowest BCUT2D eigenvalue weighted by molar-refractivity contribution is 0.0421. The molecule has 0 aromatic heterocycles. The molecule has 1 aliphatic rings. The Morgan fingerprint density at radius 2 is 1.65 bits per heavy atom. The van der Waals surface area contributed by atoms with Gasteiger partial charge in [-0.1, -0.05) is 36.4 Å². The van der Waals surface area contributed by atoms with Crippen molar-refractivity contribution in [3.8, 4) is 0 Å². The number of hydrogen-bond donors (Lipinski definition) is 1. The van der Waals surface area contributed by atoms with Gasteiger partial charge in [0.1, 0.15) is 0 Å². The fraction of sp³-hybridized carbons (Fsp3) is 0.263. The number of rotatable bonds is 4. The van der Waals surface area contributed by atoms with Crippen LogP contribution >= 0.6 is 0 Å². The second-order valence-electron chi connectivity index (χ2n) is 5.83. The summed E-state index contributed by atoms with van der Waals surface area (Å²) in [5, 5.41) is 9.13. The van der Waals surface area contributed by atoms with Gasteiger partial charge in [-0.3, -0.25) is 0 Å². The van der Waals surface area contributed by atoms with Gasteiger partial charge in [-0.15, -0.1) is 0 Å². The molecule has 0 heterocycles. The van der Waals surface area contributed by atoms with Gasteiger partial charge < -0.3 is 9.84 Å². The van der Waals surface area contributed by atoms with E-state index in [1.165, 1.54) is 23.3 Å². The first kappa shape index (κ1) is 15.3. The Kier molecular flexibility index (Phi) is 4.42. The van der Waals surface area contributed by atoms with Crippen LogP contribution in [0.2, 0.25) is 0 Å². The maximum absolute atomic E-state index is 12.2. The molecule has 0 saturated heterocycles. The second-order valence-corrected chi connectivity index (χ2v) is 5.83. The maximum atomic E-state index is 12.2. The Morgan fingerprint density at radius 3 is 2.39 bits per heavy atom. The number of carboxylic acid groups (broad SMARTS) is 1. The van der Waals surface area contributed by atoms with E-state index >= 15 is 0 Å². The summed E-state index contributed by atoms with van der Waals surface area (Å²) in [6.07, 6.45) is 2.86. The van der Waals surface area contributed by atoms with Crippen LogP contribution in [0.1, 0.15) is 38.3 Å². The first-order chi connectivity index (χ1) is 11.1. The van der Waals surface area contributed by atoms with Crippen molar-refractivity contribution in [2.24, 2.45) is 5.92 Å². The van der Waals surface area contributed by atoms with Crippen LogP contribution in [-0.4, -0.2) is 23.7 Å². The largest absolute Gasteiger partial charge is 0.478 e. The van der Waals surface area contributed by atoms with E-state index in [1.807, 2.05) is 12.1 Å². The summed E-state index contributed by atoms with van der Waals surface area (Å²) in [5.41, 5.74) is 2.76. The Morgan fingerprint density at radius 1 is 1.00 bits per heavy atom. The van der Waals surface area contributed by atoms with Gasteiger partial charge in [-0.2, -0.15) is 0 Å². The minimum absolute atomic E-state index is 0.0218. The minimum atomic E-state index is -1.12. The van der Waals surface area contributed by atoms with Crippen LogP contribution in [0, 0.1) is 5.92 Å². The van der Waals surface area contributed by atoms with Crippen LogP contribution in [0.25, 0.3) is 0 Å². The van der Waals surface area contributed by atoms with Gasteiger partial charge in [0.15, 0.2) is 0 Å². The van der Waals surface area contributed by atoms with Crippen LogP contribution in [0.5, 0.6) is 0 Å². The zero-order chi connectivity index (χ0) is 16.2. The molecule has 0 radical (unpaired) electrons. The zero-order valence-electron chi connectivity index (χ0n) is 12.7. The lowest BCUT2D eigenvalue weighted by Gasteiger charge is -2.24. The van der Waals surface area contributed by atoms with E-state index in [2.05, 4.69) is 12.1 Å². The highest BCUT2D eigenvalue weighted by molar-refractivity contribution is 6.02. The first-order valence-electron chi connectivity index (χ1n) is 7.71. The Labute approximate surface area is 134 Å². The third kappa shape index (κ3) is 3.42. The average Bonchev–Trinajstić information content (AvgIpc) is 2.59. The monoisotopic (exact) mass is 310 g/mol. The van der Waals surface area contributed by atoms with E-state index in [0.717, 1.165) is 19.3 Å². The molecule has 0 amide bonds. The summed E-state index contributed by atoms with van der Waals surface area (Å²) in [5.74, 6) is -1.41. The summed E-state index contributed by atoms with van der Waals surface area (Å²) >= 11 is 0. The van der Waals surface area contributed by atoms with Crippen LogP contribution in [-0.2, 0) is 17.6 Å². The fourth-order valence-electron chi connectivity index (χ4n) is 3.03. The van der Waals surface area contributed by atoms with Gasteiger partial charge in [-0.25, -0.2) is 9.59 Å². The van der Waals surface area contributed by atoms with Crippen molar-refractivity contribution in [3.05, 3.63) is 70.8 Å². The molecule has 2 aromatic rings. The molecule has 0 fully saturated rings. The SMILES string of the molecule is O=C(O)c1ccccc1C(=O)OC[C@H]1CCc2ccccc2C1. The normalized spacial score (nSPS) is 16.4. The summed E-state index contributed by atoms with van der Waals surface area (Å²) in [6.45, 7) is 0.321. The highest BCUT2D eigenvalue weighted by Crippen LogP contribution is 2.25. The van der Waals surface area contributed by atoms with Crippen molar-refractivity contribution in [3.63, 3.8) is 0 Å². The Balaban J connectivity index is 1.63. The van der Waals surface area contributed by atoms with Gasteiger partial charge in [0, 0.05) is 0 Å². The number of fused-ring (bicyclic) bond motifs is 1. The van der Waals surface area contributed by atoms with Crippen molar-refractivity contribution in [1.82, 2.24) is 0 Å². The highest BCUT2D eigenvalue weighted by Gasteiger charge is 2.22. The van der Waals surface area contributed by atoms with Crippen LogP contribution < -0.4 is 0 Å². The molecule has 0 aliphatic heterocycles. The van der Waals surface area contributed by atoms with Gasteiger partial charge >= 0.3 is 11.9 Å². The molecular weight excluding hydrogens is 292 g/mol. The minimum Gasteiger partial charge on any atom is -0.478 e. The molecule has 0 unspecified atom stereocenters. The average molecular weight is 310 g/mol. The van der Waals surface area contributed by atoms with E-state index in [1.54, 1.807) is 12.1 Å². The number of carbonyl (C=O) groups is 2. The molecule has 4 nitrogen and oxygen atoms in total. The number of aromatic carboxylic acids is 1. The van der Waals surface area contributed by atoms with Gasteiger partial charge in [0.2, 0.25) is 0 Å². The molecule has 0 spiro atoms. The Hall–Kier alpha value is -2.62. The molecule has 2 aromatic carbocycles. The van der Waals surface area contributed by atoms with Gasteiger partial charge in [0.05, 0.1) is 17.7 Å². The zero-order valence-corrected chi connectivity index (χ0v) is 12.7. The van der Waals surface area contributed by atoms with Crippen LogP contribution in [0.3, 0.4) is 0 Å². The van der Waals surface area contributed by atoms with Crippen molar-refractivity contribution in [2.75, 3.05) is 6.61 Å².